The molecule has 140 valence electrons. The predicted octanol–water partition coefficient (Wildman–Crippen LogP) is 5.12. The van der Waals surface area contributed by atoms with Crippen LogP contribution < -0.4 is 5.32 Å². The lowest BCUT2D eigenvalue weighted by atomic mass is 10.1. The SMILES string of the molecule is CCc1ccc(-c2nc(S[C@H](C)C(=O)Nc3cccc(Cl)c3C)n[nH]2)cc1. The third kappa shape index (κ3) is 4.70. The van der Waals surface area contributed by atoms with Gasteiger partial charge in [-0.1, -0.05) is 60.6 Å². The summed E-state index contributed by atoms with van der Waals surface area (Å²) in [7, 11) is 0. The number of amides is 1. The number of H-pyrrole nitrogens is 1. The maximum atomic E-state index is 12.5. The molecular formula is C20H21ClN4OS. The highest BCUT2D eigenvalue weighted by Gasteiger charge is 2.18. The molecule has 27 heavy (non-hydrogen) atoms. The van der Waals surface area contributed by atoms with Crippen molar-refractivity contribution in [3.8, 4) is 11.4 Å². The molecule has 5 nitrogen and oxygen atoms in total. The van der Waals surface area contributed by atoms with Crippen LogP contribution in [0.1, 0.15) is 25.0 Å². The van der Waals surface area contributed by atoms with Crippen molar-refractivity contribution in [2.24, 2.45) is 0 Å². The first kappa shape index (κ1) is 19.5. The summed E-state index contributed by atoms with van der Waals surface area (Å²) in [6.07, 6.45) is 0.997. The Bertz CT molecular complexity index is 939. The molecule has 0 bridgehead atoms. The maximum absolute atomic E-state index is 12.5. The molecule has 2 N–H and O–H groups in total. The number of rotatable bonds is 6. The van der Waals surface area contributed by atoms with Crippen LogP contribution >= 0.6 is 23.4 Å². The summed E-state index contributed by atoms with van der Waals surface area (Å²) in [6.45, 7) is 5.82. The van der Waals surface area contributed by atoms with Crippen molar-refractivity contribution < 1.29 is 4.79 Å². The van der Waals surface area contributed by atoms with Gasteiger partial charge < -0.3 is 5.32 Å². The van der Waals surface area contributed by atoms with Gasteiger partial charge in [0, 0.05) is 16.3 Å². The van der Waals surface area contributed by atoms with Gasteiger partial charge in [0.05, 0.1) is 5.25 Å². The van der Waals surface area contributed by atoms with Gasteiger partial charge in [0.25, 0.3) is 0 Å². The van der Waals surface area contributed by atoms with Gasteiger partial charge in [0.2, 0.25) is 11.1 Å². The first-order chi connectivity index (χ1) is 13.0. The van der Waals surface area contributed by atoms with Gasteiger partial charge in [-0.15, -0.1) is 5.10 Å². The summed E-state index contributed by atoms with van der Waals surface area (Å²) in [5.41, 5.74) is 3.81. The van der Waals surface area contributed by atoms with Gasteiger partial charge in [-0.25, -0.2) is 4.98 Å². The molecule has 0 unspecified atom stereocenters. The van der Waals surface area contributed by atoms with Crippen LogP contribution in [0.4, 0.5) is 5.69 Å². The smallest absolute Gasteiger partial charge is 0.237 e. The van der Waals surface area contributed by atoms with Gasteiger partial charge in [0.15, 0.2) is 5.82 Å². The fraction of sp³-hybridized carbons (Fsp3) is 0.250. The molecule has 1 atom stereocenters. The Labute approximate surface area is 167 Å². The number of anilines is 1. The van der Waals surface area contributed by atoms with Gasteiger partial charge in [-0.3, -0.25) is 9.89 Å². The maximum Gasteiger partial charge on any atom is 0.237 e. The third-order valence-corrected chi connectivity index (χ3v) is 5.65. The van der Waals surface area contributed by atoms with E-state index in [1.165, 1.54) is 17.3 Å². The lowest BCUT2D eigenvalue weighted by molar-refractivity contribution is -0.115. The summed E-state index contributed by atoms with van der Waals surface area (Å²) >= 11 is 7.41. The molecule has 0 saturated carbocycles. The first-order valence-electron chi connectivity index (χ1n) is 8.72. The summed E-state index contributed by atoms with van der Waals surface area (Å²) in [4.78, 5) is 17.0. The fourth-order valence-corrected chi connectivity index (χ4v) is 3.41. The van der Waals surface area contributed by atoms with Gasteiger partial charge >= 0.3 is 0 Å². The standard InChI is InChI=1S/C20H21ClN4OS/c1-4-14-8-10-15(11-9-14)18-23-20(25-24-18)27-13(3)19(26)22-17-7-5-6-16(21)12(17)2/h5-11,13H,4H2,1-3H3,(H,22,26)(H,23,24,25)/t13-/m1/s1. The van der Waals surface area contributed by atoms with E-state index in [2.05, 4.69) is 39.6 Å². The molecule has 0 spiro atoms. The zero-order valence-corrected chi connectivity index (χ0v) is 17.0. The number of carbonyl (C=O) groups is 1. The summed E-state index contributed by atoms with van der Waals surface area (Å²) in [6, 6.07) is 13.6. The van der Waals surface area contributed by atoms with Crippen LogP contribution in [0.2, 0.25) is 5.02 Å². The Morgan fingerprint density at radius 1 is 1.26 bits per heavy atom. The van der Waals surface area contributed by atoms with E-state index in [-0.39, 0.29) is 11.2 Å². The van der Waals surface area contributed by atoms with Crippen molar-refractivity contribution in [2.75, 3.05) is 5.32 Å². The van der Waals surface area contributed by atoms with Crippen LogP contribution in [-0.2, 0) is 11.2 Å². The predicted molar refractivity (Wildman–Crippen MR) is 111 cm³/mol. The van der Waals surface area contributed by atoms with E-state index in [9.17, 15) is 4.79 Å². The number of hydrogen-bond acceptors (Lipinski definition) is 4. The van der Waals surface area contributed by atoms with E-state index < -0.39 is 0 Å². The van der Waals surface area contributed by atoms with E-state index in [4.69, 9.17) is 11.6 Å². The Hall–Kier alpha value is -2.31. The number of benzene rings is 2. The number of halogens is 1. The number of aromatic amines is 1. The Kier molecular flexibility index (Phi) is 6.19. The average molecular weight is 401 g/mol. The molecule has 1 heterocycles. The first-order valence-corrected chi connectivity index (χ1v) is 9.98. The van der Waals surface area contributed by atoms with E-state index in [1.54, 1.807) is 6.07 Å². The highest BCUT2D eigenvalue weighted by atomic mass is 35.5. The van der Waals surface area contributed by atoms with E-state index in [0.717, 1.165) is 17.5 Å². The van der Waals surface area contributed by atoms with Crippen molar-refractivity contribution >= 4 is 35.0 Å². The zero-order chi connectivity index (χ0) is 19.4. The molecule has 0 aliphatic heterocycles. The normalized spacial score (nSPS) is 12.0. The van der Waals surface area contributed by atoms with E-state index >= 15 is 0 Å². The number of nitrogens with one attached hydrogen (secondary N) is 2. The fourth-order valence-electron chi connectivity index (χ4n) is 2.52. The summed E-state index contributed by atoms with van der Waals surface area (Å²) in [5, 5.41) is 10.9. The van der Waals surface area contributed by atoms with Crippen molar-refractivity contribution in [3.05, 3.63) is 58.6 Å². The number of nitrogens with zero attached hydrogens (tertiary/aromatic N) is 2. The minimum absolute atomic E-state index is 0.121. The van der Waals surface area contributed by atoms with Gasteiger partial charge in [-0.2, -0.15) is 0 Å². The highest BCUT2D eigenvalue weighted by molar-refractivity contribution is 8.00. The quantitative estimate of drug-likeness (QED) is 0.563. The van der Waals surface area contributed by atoms with Crippen molar-refractivity contribution in [1.82, 2.24) is 15.2 Å². The molecule has 0 aliphatic rings. The molecule has 1 aromatic heterocycles. The van der Waals surface area contributed by atoms with Crippen LogP contribution in [0.25, 0.3) is 11.4 Å². The highest BCUT2D eigenvalue weighted by Crippen LogP contribution is 2.26. The largest absolute Gasteiger partial charge is 0.325 e. The second-order valence-electron chi connectivity index (χ2n) is 6.18. The topological polar surface area (TPSA) is 70.7 Å². The van der Waals surface area contributed by atoms with Crippen LogP contribution in [-0.4, -0.2) is 26.3 Å². The second kappa shape index (κ2) is 8.59. The molecule has 0 fully saturated rings. The lowest BCUT2D eigenvalue weighted by Gasteiger charge is -2.12. The van der Waals surface area contributed by atoms with Crippen molar-refractivity contribution in [2.45, 2.75) is 37.6 Å². The van der Waals surface area contributed by atoms with Crippen molar-refractivity contribution in [3.63, 3.8) is 0 Å². The van der Waals surface area contributed by atoms with E-state index in [1.807, 2.05) is 38.1 Å². The number of carbonyl (C=O) groups excluding carboxylic acids is 1. The molecule has 0 saturated heterocycles. The molecule has 3 aromatic rings. The van der Waals surface area contributed by atoms with Crippen LogP contribution in [0.5, 0.6) is 0 Å². The van der Waals surface area contributed by atoms with Crippen molar-refractivity contribution in [1.29, 1.82) is 0 Å². The monoisotopic (exact) mass is 400 g/mol. The number of hydrogen-bond donors (Lipinski definition) is 2. The zero-order valence-electron chi connectivity index (χ0n) is 15.4. The third-order valence-electron chi connectivity index (χ3n) is 4.28. The molecule has 1 amide bonds. The second-order valence-corrected chi connectivity index (χ2v) is 7.89. The number of aryl methyl sites for hydroxylation is 1. The van der Waals surface area contributed by atoms with Crippen LogP contribution in [0.3, 0.4) is 0 Å². The minimum Gasteiger partial charge on any atom is -0.325 e. The lowest BCUT2D eigenvalue weighted by Crippen LogP contribution is -2.23. The van der Waals surface area contributed by atoms with E-state index in [0.29, 0.717) is 21.7 Å². The molecule has 3 rings (SSSR count). The molecular weight excluding hydrogens is 380 g/mol. The summed E-state index contributed by atoms with van der Waals surface area (Å²) in [5.74, 6) is 0.572. The Morgan fingerprint density at radius 3 is 2.70 bits per heavy atom. The summed E-state index contributed by atoms with van der Waals surface area (Å²) < 4.78 is 0. The number of thioether (sulfide) groups is 1. The average Bonchev–Trinajstić information content (AvgIpc) is 3.14. The molecule has 2 aromatic carbocycles. The minimum atomic E-state index is -0.352. The number of aromatic nitrogens is 3. The van der Waals surface area contributed by atoms with Gasteiger partial charge in [-0.05, 0) is 43.5 Å². The Balaban J connectivity index is 1.65. The molecule has 0 aliphatic carbocycles. The Morgan fingerprint density at radius 2 is 2.00 bits per heavy atom. The molecule has 0 radical (unpaired) electrons. The molecule has 7 heteroatoms. The van der Waals surface area contributed by atoms with Crippen LogP contribution in [0, 0.1) is 6.92 Å². The van der Waals surface area contributed by atoms with Gasteiger partial charge in [0.1, 0.15) is 0 Å². The van der Waals surface area contributed by atoms with Crippen LogP contribution in [0.15, 0.2) is 47.6 Å².